The smallest absolute Gasteiger partial charge is 0.246 e. The van der Waals surface area contributed by atoms with Crippen LogP contribution >= 0.6 is 0 Å². The number of hydrogen-bond acceptors (Lipinski definition) is 5. The number of methoxy groups -OCH3 is 1. The predicted octanol–water partition coefficient (Wildman–Crippen LogP) is 5.60. The predicted molar refractivity (Wildman–Crippen MR) is 155 cm³/mol. The Bertz CT molecular complexity index is 1660. The number of fused-ring (bicyclic) bond motifs is 1. The number of nitrogens with zero attached hydrogens (tertiary/aromatic N) is 5. The first-order valence-electron chi connectivity index (χ1n) is 13.1. The summed E-state index contributed by atoms with van der Waals surface area (Å²) in [5.74, 6) is 1.28. The molecule has 5 aromatic rings. The summed E-state index contributed by atoms with van der Waals surface area (Å²) in [5.41, 5.74) is 4.70. The van der Waals surface area contributed by atoms with E-state index in [9.17, 15) is 9.18 Å². The zero-order valence-electron chi connectivity index (χ0n) is 22.1. The number of anilines is 1. The lowest BCUT2D eigenvalue weighted by Crippen LogP contribution is -2.48. The quantitative estimate of drug-likeness (QED) is 0.266. The summed E-state index contributed by atoms with van der Waals surface area (Å²) >= 11 is 0. The Hall–Kier alpha value is -4.98. The van der Waals surface area contributed by atoms with E-state index in [0.29, 0.717) is 26.2 Å². The van der Waals surface area contributed by atoms with Crippen LogP contribution in [0.5, 0.6) is 5.75 Å². The van der Waals surface area contributed by atoms with Gasteiger partial charge in [0.15, 0.2) is 5.65 Å². The maximum atomic E-state index is 13.2. The molecule has 0 bridgehead atoms. The average molecular weight is 534 g/mol. The van der Waals surface area contributed by atoms with Crippen molar-refractivity contribution in [2.45, 2.75) is 0 Å². The van der Waals surface area contributed by atoms with Gasteiger partial charge in [-0.15, -0.1) is 0 Å². The Balaban J connectivity index is 1.29. The number of ether oxygens (including phenoxy) is 1. The van der Waals surface area contributed by atoms with Gasteiger partial charge in [-0.2, -0.15) is 0 Å². The molecule has 3 heterocycles. The molecule has 0 radical (unpaired) electrons. The van der Waals surface area contributed by atoms with Crippen LogP contribution in [0, 0.1) is 5.82 Å². The molecule has 6 rings (SSSR count). The molecule has 1 saturated heterocycles. The van der Waals surface area contributed by atoms with Gasteiger partial charge in [-0.25, -0.2) is 14.4 Å². The Labute approximate surface area is 231 Å². The van der Waals surface area contributed by atoms with Crippen molar-refractivity contribution in [1.82, 2.24) is 19.4 Å². The fraction of sp³-hybridized carbons (Fsp3) is 0.156. The number of carbonyl (C=O) groups is 1. The summed E-state index contributed by atoms with van der Waals surface area (Å²) in [4.78, 5) is 26.3. The lowest BCUT2D eigenvalue weighted by Gasteiger charge is -2.35. The van der Waals surface area contributed by atoms with Crippen LogP contribution in [0.25, 0.3) is 33.9 Å². The Morgan fingerprint density at radius 2 is 1.62 bits per heavy atom. The minimum Gasteiger partial charge on any atom is -0.497 e. The summed E-state index contributed by atoms with van der Waals surface area (Å²) in [6.45, 7) is 2.42. The third kappa shape index (κ3) is 5.03. The number of carbonyl (C=O) groups excluding carboxylic acids is 1. The zero-order chi connectivity index (χ0) is 27.5. The number of rotatable bonds is 6. The molecule has 0 atom stereocenters. The number of aromatic nitrogens is 3. The van der Waals surface area contributed by atoms with Crippen LogP contribution in [0.3, 0.4) is 0 Å². The highest BCUT2D eigenvalue weighted by molar-refractivity contribution is 6.02. The van der Waals surface area contributed by atoms with Crippen LogP contribution in [0.4, 0.5) is 10.2 Å². The molecule has 1 fully saturated rings. The third-order valence-corrected chi connectivity index (χ3v) is 7.18. The Morgan fingerprint density at radius 3 is 2.33 bits per heavy atom. The average Bonchev–Trinajstić information content (AvgIpc) is 3.41. The van der Waals surface area contributed by atoms with Gasteiger partial charge in [-0.05, 0) is 53.6 Å². The van der Waals surface area contributed by atoms with E-state index < -0.39 is 0 Å². The van der Waals surface area contributed by atoms with Gasteiger partial charge in [0.25, 0.3) is 0 Å². The third-order valence-electron chi connectivity index (χ3n) is 7.18. The molecule has 3 aromatic carbocycles. The summed E-state index contributed by atoms with van der Waals surface area (Å²) in [6.07, 6.45) is 6.99. The first-order chi connectivity index (χ1) is 19.6. The maximum absolute atomic E-state index is 13.2. The second kappa shape index (κ2) is 11.0. The molecule has 200 valence electrons. The molecular weight excluding hydrogens is 505 g/mol. The molecule has 0 unspecified atom stereocenters. The van der Waals surface area contributed by atoms with E-state index in [1.807, 2.05) is 47.4 Å². The van der Waals surface area contributed by atoms with Crippen LogP contribution in [0.15, 0.2) is 97.5 Å². The zero-order valence-corrected chi connectivity index (χ0v) is 22.1. The topological polar surface area (TPSA) is 63.5 Å². The van der Waals surface area contributed by atoms with Crippen molar-refractivity contribution in [2.75, 3.05) is 38.2 Å². The number of amides is 1. The van der Waals surface area contributed by atoms with Gasteiger partial charge in [0.05, 0.1) is 12.5 Å². The van der Waals surface area contributed by atoms with Crippen LogP contribution in [-0.4, -0.2) is 58.6 Å². The first kappa shape index (κ1) is 25.3. The van der Waals surface area contributed by atoms with E-state index in [-0.39, 0.29) is 11.7 Å². The Kier molecular flexibility index (Phi) is 6.97. The van der Waals surface area contributed by atoms with Crippen molar-refractivity contribution in [3.05, 3.63) is 109 Å². The van der Waals surface area contributed by atoms with Gasteiger partial charge in [0, 0.05) is 49.7 Å². The number of halogens is 1. The molecule has 0 N–H and O–H groups in total. The van der Waals surface area contributed by atoms with E-state index >= 15 is 0 Å². The molecule has 2 aromatic heterocycles. The number of piperazine rings is 1. The number of benzene rings is 3. The summed E-state index contributed by atoms with van der Waals surface area (Å²) in [6, 6.07) is 24.2. The monoisotopic (exact) mass is 533 g/mol. The van der Waals surface area contributed by atoms with Crippen molar-refractivity contribution in [3.8, 4) is 22.6 Å². The molecule has 1 aliphatic heterocycles. The van der Waals surface area contributed by atoms with Crippen molar-refractivity contribution in [1.29, 1.82) is 0 Å². The lowest BCUT2D eigenvalue weighted by atomic mass is 10.1. The van der Waals surface area contributed by atoms with Gasteiger partial charge in [-0.1, -0.05) is 42.5 Å². The lowest BCUT2D eigenvalue weighted by molar-refractivity contribution is -0.126. The van der Waals surface area contributed by atoms with Crippen molar-refractivity contribution in [3.63, 3.8) is 0 Å². The largest absolute Gasteiger partial charge is 0.497 e. The van der Waals surface area contributed by atoms with Crippen LogP contribution in [0.1, 0.15) is 5.56 Å². The van der Waals surface area contributed by atoms with Crippen LogP contribution in [-0.2, 0) is 4.79 Å². The van der Waals surface area contributed by atoms with Gasteiger partial charge >= 0.3 is 0 Å². The van der Waals surface area contributed by atoms with Crippen molar-refractivity contribution < 1.29 is 13.9 Å². The van der Waals surface area contributed by atoms with Crippen LogP contribution < -0.4 is 9.64 Å². The van der Waals surface area contributed by atoms with Gasteiger partial charge in [0.1, 0.15) is 23.7 Å². The first-order valence-corrected chi connectivity index (χ1v) is 13.1. The molecular formula is C32H28FN5O2. The van der Waals surface area contributed by atoms with Gasteiger partial charge in [0.2, 0.25) is 5.91 Å². The minimum absolute atomic E-state index is 0.0626. The minimum atomic E-state index is -0.298. The van der Waals surface area contributed by atoms with E-state index in [2.05, 4.69) is 27.8 Å². The van der Waals surface area contributed by atoms with Crippen molar-refractivity contribution >= 4 is 28.8 Å². The molecule has 8 heteroatoms. The molecule has 0 spiro atoms. The van der Waals surface area contributed by atoms with Gasteiger partial charge in [-0.3, -0.25) is 4.79 Å². The van der Waals surface area contributed by atoms with E-state index in [0.717, 1.165) is 45.0 Å². The molecule has 0 aliphatic carbocycles. The normalized spacial score (nSPS) is 13.8. The van der Waals surface area contributed by atoms with E-state index in [1.54, 1.807) is 37.7 Å². The standard InChI is InChI=1S/C32H28FN5O2/c1-40-27-14-12-26(13-15-27)38-21-28(24-5-3-2-4-6-24)30-31(34-22-35-32(30)38)37-19-17-36(18-20-37)29(39)16-9-23-7-10-25(33)11-8-23/h2-16,21-22H,17-20H2,1H3. The molecule has 1 amide bonds. The molecule has 40 heavy (non-hydrogen) atoms. The SMILES string of the molecule is COc1ccc(-n2cc(-c3ccccc3)c3c(N4CCN(C(=O)C=Cc5ccc(F)cc5)CC4)ncnc32)cc1. The molecule has 7 nitrogen and oxygen atoms in total. The van der Waals surface area contributed by atoms with Gasteiger partial charge < -0.3 is 19.1 Å². The molecule has 1 aliphatic rings. The summed E-state index contributed by atoms with van der Waals surface area (Å²) in [7, 11) is 1.65. The highest BCUT2D eigenvalue weighted by Crippen LogP contribution is 2.37. The highest BCUT2D eigenvalue weighted by atomic mass is 19.1. The summed E-state index contributed by atoms with van der Waals surface area (Å²) in [5, 5.41) is 0.973. The summed E-state index contributed by atoms with van der Waals surface area (Å²) < 4.78 is 20.6. The van der Waals surface area contributed by atoms with Crippen molar-refractivity contribution in [2.24, 2.45) is 0 Å². The second-order valence-electron chi connectivity index (χ2n) is 9.57. The second-order valence-corrected chi connectivity index (χ2v) is 9.57. The Morgan fingerprint density at radius 1 is 0.900 bits per heavy atom. The van der Waals surface area contributed by atoms with E-state index in [1.165, 1.54) is 12.1 Å². The number of hydrogen-bond donors (Lipinski definition) is 0. The fourth-order valence-electron chi connectivity index (χ4n) is 5.05. The highest BCUT2D eigenvalue weighted by Gasteiger charge is 2.25. The van der Waals surface area contributed by atoms with E-state index in [4.69, 9.17) is 14.7 Å². The maximum Gasteiger partial charge on any atom is 0.246 e. The van der Waals surface area contributed by atoms with Crippen LogP contribution in [0.2, 0.25) is 0 Å². The fourth-order valence-corrected chi connectivity index (χ4v) is 5.05. The molecule has 0 saturated carbocycles.